The molecule has 1 N–H and O–H groups in total. The smallest absolute Gasteiger partial charge is 0.306 e. The van der Waals surface area contributed by atoms with Gasteiger partial charge in [0.05, 0.1) is 11.3 Å². The zero-order valence-corrected chi connectivity index (χ0v) is 8.49. The largest absolute Gasteiger partial charge is 0.481 e. The molecule has 1 radical (unpaired) electrons. The normalized spacial score (nSPS) is 11.1. The summed E-state index contributed by atoms with van der Waals surface area (Å²) in [5.41, 5.74) is 0.0513. The molecule has 0 atom stereocenters. The molecule has 0 aliphatic carbocycles. The Morgan fingerprint density at radius 2 is 2.47 bits per heavy atom. The number of carboxylic acids is 1. The molecule has 0 aliphatic heterocycles. The van der Waals surface area contributed by atoms with Gasteiger partial charge in [-0.25, -0.2) is 0 Å². The predicted molar refractivity (Wildman–Crippen MR) is 54.8 cm³/mol. The zero-order valence-electron chi connectivity index (χ0n) is 7.67. The van der Waals surface area contributed by atoms with Crippen molar-refractivity contribution in [2.24, 2.45) is 5.16 Å². The fourth-order valence-corrected chi connectivity index (χ4v) is 1.42. The number of thiophene rings is 1. The number of hydrogen-bond acceptors (Lipinski definition) is 5. The van der Waals surface area contributed by atoms with Crippen molar-refractivity contribution in [3.63, 3.8) is 0 Å². The summed E-state index contributed by atoms with van der Waals surface area (Å²) in [6.45, 7) is -0.0636. The van der Waals surface area contributed by atoms with Crippen LogP contribution in [0.25, 0.3) is 0 Å². The summed E-state index contributed by atoms with van der Waals surface area (Å²) >= 11 is 1.33. The van der Waals surface area contributed by atoms with Gasteiger partial charge in [-0.15, -0.1) is 11.3 Å². The van der Waals surface area contributed by atoms with E-state index >= 15 is 0 Å². The summed E-state index contributed by atoms with van der Waals surface area (Å²) in [5.74, 6) is -0.974. The molecule has 0 aliphatic rings. The molecule has 0 aromatic carbocycles. The van der Waals surface area contributed by atoms with Crippen LogP contribution >= 0.6 is 11.3 Å². The molecular weight excluding hydrogens is 218 g/mol. The lowest BCUT2D eigenvalue weighted by Gasteiger charge is -1.96. The van der Waals surface area contributed by atoms with Crippen LogP contribution in [0.3, 0.4) is 0 Å². The summed E-state index contributed by atoms with van der Waals surface area (Å²) in [4.78, 5) is 25.9. The van der Waals surface area contributed by atoms with Gasteiger partial charge >= 0.3 is 5.97 Å². The number of nitrogens with zero attached hydrogens (tertiary/aromatic N) is 1. The third kappa shape index (κ3) is 3.90. The van der Waals surface area contributed by atoms with Crippen LogP contribution in [0.15, 0.2) is 22.7 Å². The fourth-order valence-electron chi connectivity index (χ4n) is 0.770. The van der Waals surface area contributed by atoms with E-state index in [1.807, 2.05) is 0 Å². The molecule has 0 saturated carbocycles. The highest BCUT2D eigenvalue weighted by atomic mass is 32.1. The first-order valence-electron chi connectivity index (χ1n) is 4.08. The fraction of sp³-hybridized carbons (Fsp3) is 0.222. The van der Waals surface area contributed by atoms with E-state index in [2.05, 4.69) is 9.99 Å². The van der Waals surface area contributed by atoms with Crippen LogP contribution in [-0.4, -0.2) is 29.7 Å². The summed E-state index contributed by atoms with van der Waals surface area (Å²) in [6, 6.07) is 3.47. The molecule has 0 saturated heterocycles. The van der Waals surface area contributed by atoms with E-state index in [0.717, 1.165) is 0 Å². The molecule has 1 rings (SSSR count). The number of carboxylic acid groups (broad SMARTS) is 1. The van der Waals surface area contributed by atoms with Crippen LogP contribution < -0.4 is 0 Å². The Bertz CT molecular complexity index is 358. The third-order valence-corrected chi connectivity index (χ3v) is 2.29. The van der Waals surface area contributed by atoms with E-state index in [0.29, 0.717) is 4.88 Å². The van der Waals surface area contributed by atoms with Gasteiger partial charge in [0.15, 0.2) is 5.71 Å². The molecule has 0 amide bonds. The third-order valence-electron chi connectivity index (χ3n) is 1.41. The van der Waals surface area contributed by atoms with Crippen LogP contribution in [0, 0.1) is 0 Å². The minimum Gasteiger partial charge on any atom is -0.481 e. The Kier molecular flexibility index (Phi) is 4.49. The molecule has 79 valence electrons. The number of aliphatic carboxylic acids is 1. The van der Waals surface area contributed by atoms with Gasteiger partial charge in [-0.2, -0.15) is 0 Å². The first-order valence-corrected chi connectivity index (χ1v) is 4.96. The molecule has 0 fully saturated rings. The van der Waals surface area contributed by atoms with E-state index in [-0.39, 0.29) is 18.7 Å². The number of rotatable bonds is 6. The Hall–Kier alpha value is -1.69. The number of oxime groups is 1. The predicted octanol–water partition coefficient (Wildman–Crippen LogP) is 1.05. The second-order valence-corrected chi connectivity index (χ2v) is 3.44. The minimum absolute atomic E-state index is 0.0513. The molecule has 1 heterocycles. The zero-order chi connectivity index (χ0) is 11.1. The minimum atomic E-state index is -0.974. The van der Waals surface area contributed by atoms with E-state index in [1.165, 1.54) is 11.3 Å². The Morgan fingerprint density at radius 1 is 1.67 bits per heavy atom. The summed E-state index contributed by atoms with van der Waals surface area (Å²) in [7, 11) is 0. The van der Waals surface area contributed by atoms with Gasteiger partial charge < -0.3 is 9.94 Å². The van der Waals surface area contributed by atoms with E-state index in [4.69, 9.17) is 5.11 Å². The highest BCUT2D eigenvalue weighted by Gasteiger charge is 2.05. The monoisotopic (exact) mass is 226 g/mol. The lowest BCUT2D eigenvalue weighted by atomic mass is 10.3. The maximum absolute atomic E-state index is 10.5. The average molecular weight is 226 g/mol. The standard InChI is InChI=1S/C9H8NO4S/c11-6-7(8-2-1-5-15-8)10-14-4-3-9(12)13/h1-2,5H,3-4H2,(H,12,13). The van der Waals surface area contributed by atoms with E-state index in [9.17, 15) is 9.59 Å². The molecule has 0 bridgehead atoms. The first-order chi connectivity index (χ1) is 7.24. The Labute approximate surface area is 90.0 Å². The van der Waals surface area contributed by atoms with Crippen LogP contribution in [0.4, 0.5) is 0 Å². The summed E-state index contributed by atoms with van der Waals surface area (Å²) < 4.78 is 0. The Balaban J connectivity index is 2.49. The number of hydrogen-bond donors (Lipinski definition) is 1. The van der Waals surface area contributed by atoms with Crippen LogP contribution in [0.5, 0.6) is 0 Å². The van der Waals surface area contributed by atoms with Gasteiger partial charge in [0.1, 0.15) is 6.61 Å². The molecule has 15 heavy (non-hydrogen) atoms. The second-order valence-electron chi connectivity index (χ2n) is 2.50. The lowest BCUT2D eigenvalue weighted by Crippen LogP contribution is -2.04. The van der Waals surface area contributed by atoms with Gasteiger partial charge in [0.2, 0.25) is 0 Å². The van der Waals surface area contributed by atoms with Crippen molar-refractivity contribution in [1.29, 1.82) is 0 Å². The molecule has 1 aromatic heterocycles. The summed E-state index contributed by atoms with van der Waals surface area (Å²) in [5, 5.41) is 13.6. The van der Waals surface area contributed by atoms with Crippen molar-refractivity contribution in [3.05, 3.63) is 22.4 Å². The molecule has 0 unspecified atom stereocenters. The van der Waals surface area contributed by atoms with Gasteiger partial charge in [0.25, 0.3) is 6.29 Å². The summed E-state index contributed by atoms with van der Waals surface area (Å²) in [6.07, 6.45) is 1.48. The number of carbonyl (C=O) groups excluding carboxylic acids is 1. The Morgan fingerprint density at radius 3 is 3.00 bits per heavy atom. The molecule has 0 spiro atoms. The lowest BCUT2D eigenvalue weighted by molar-refractivity contribution is -0.138. The average Bonchev–Trinajstić information content (AvgIpc) is 2.70. The van der Waals surface area contributed by atoms with Crippen LogP contribution in [0.2, 0.25) is 0 Å². The van der Waals surface area contributed by atoms with Crippen molar-refractivity contribution in [2.75, 3.05) is 6.61 Å². The molecule has 6 heteroatoms. The molecular formula is C9H8NO4S. The van der Waals surface area contributed by atoms with Gasteiger partial charge in [-0.05, 0) is 11.4 Å². The van der Waals surface area contributed by atoms with Crippen LogP contribution in [0.1, 0.15) is 11.3 Å². The van der Waals surface area contributed by atoms with Gasteiger partial charge in [0, 0.05) is 0 Å². The maximum atomic E-state index is 10.5. The molecule has 1 aromatic rings. The van der Waals surface area contributed by atoms with Crippen molar-refractivity contribution >= 4 is 29.3 Å². The van der Waals surface area contributed by atoms with Gasteiger partial charge in [-0.3, -0.25) is 9.59 Å². The van der Waals surface area contributed by atoms with Crippen LogP contribution in [-0.2, 0) is 14.4 Å². The quantitative estimate of drug-likeness (QED) is 0.447. The van der Waals surface area contributed by atoms with Gasteiger partial charge in [-0.1, -0.05) is 11.2 Å². The second kappa shape index (κ2) is 5.92. The highest BCUT2D eigenvalue weighted by molar-refractivity contribution is 7.12. The van der Waals surface area contributed by atoms with E-state index in [1.54, 1.807) is 23.8 Å². The van der Waals surface area contributed by atoms with Crippen molar-refractivity contribution in [2.45, 2.75) is 6.42 Å². The van der Waals surface area contributed by atoms with Crippen molar-refractivity contribution in [1.82, 2.24) is 0 Å². The number of carbonyl (C=O) groups is 1. The highest BCUT2D eigenvalue weighted by Crippen LogP contribution is 2.09. The van der Waals surface area contributed by atoms with E-state index < -0.39 is 5.97 Å². The van der Waals surface area contributed by atoms with Crippen molar-refractivity contribution < 1.29 is 19.5 Å². The first kappa shape index (κ1) is 11.4. The SMILES string of the molecule is O=[C]C(=NOCCC(=O)O)c1cccs1. The maximum Gasteiger partial charge on any atom is 0.306 e. The molecule has 5 nitrogen and oxygen atoms in total. The topological polar surface area (TPSA) is 76.0 Å². The van der Waals surface area contributed by atoms with Crippen molar-refractivity contribution in [3.8, 4) is 0 Å².